The summed E-state index contributed by atoms with van der Waals surface area (Å²) in [5, 5.41) is 9.25. The minimum absolute atomic E-state index is 0.308. The number of hydrogen-bond acceptors (Lipinski definition) is 3. The van der Waals surface area contributed by atoms with E-state index in [2.05, 4.69) is 9.55 Å². The average molecular weight is 258 g/mol. The van der Waals surface area contributed by atoms with E-state index in [1.165, 1.54) is 12.8 Å². The molecule has 2 aromatic rings. The average Bonchev–Trinajstić information content (AvgIpc) is 3.14. The van der Waals surface area contributed by atoms with Crippen molar-refractivity contribution in [1.29, 1.82) is 0 Å². The lowest BCUT2D eigenvalue weighted by atomic mass is 10.3. The molecule has 1 aliphatic rings. The Bertz CT molecular complexity index is 559. The molecule has 0 unspecified atom stereocenters. The molecule has 0 spiro atoms. The number of nitrogens with zero attached hydrogens (tertiary/aromatic N) is 2. The third-order valence-electron chi connectivity index (χ3n) is 3.20. The lowest BCUT2D eigenvalue weighted by Crippen LogP contribution is -2.12. The first-order valence-electron chi connectivity index (χ1n) is 6.68. The van der Waals surface area contributed by atoms with E-state index >= 15 is 0 Å². The van der Waals surface area contributed by atoms with Crippen LogP contribution in [-0.4, -0.2) is 27.4 Å². The Balaban J connectivity index is 1.83. The lowest BCUT2D eigenvalue weighted by molar-refractivity contribution is 0.122. The van der Waals surface area contributed by atoms with Crippen molar-refractivity contribution in [1.82, 2.24) is 9.55 Å². The Morgan fingerprint density at radius 2 is 2.32 bits per heavy atom. The monoisotopic (exact) mass is 258 g/mol. The molecule has 1 heterocycles. The maximum absolute atomic E-state index is 9.25. The molecular weight excluding hydrogens is 240 g/mol. The summed E-state index contributed by atoms with van der Waals surface area (Å²) in [5.74, 6) is 2.51. The Morgan fingerprint density at radius 3 is 3.05 bits per heavy atom. The molecule has 1 N–H and O–H groups in total. The predicted molar refractivity (Wildman–Crippen MR) is 72.7 cm³/mol. The first kappa shape index (κ1) is 12.2. The van der Waals surface area contributed by atoms with Gasteiger partial charge in [-0.2, -0.15) is 0 Å². The van der Waals surface area contributed by atoms with Crippen LogP contribution in [0.15, 0.2) is 36.7 Å². The summed E-state index contributed by atoms with van der Waals surface area (Å²) in [6.45, 7) is 2.02. The zero-order valence-electron chi connectivity index (χ0n) is 11.0. The standard InChI is InChI=1S/C15H18N2O2/c1-11(18)10-19-14-4-2-3-13(9-14)17-8-7-16-15(17)12-5-6-12/h2-4,7-9,11-12,18H,5-6,10H2,1H3/t11-/m0/s1. The van der Waals surface area contributed by atoms with Crippen LogP contribution in [0.2, 0.25) is 0 Å². The van der Waals surface area contributed by atoms with Gasteiger partial charge in [0, 0.05) is 24.4 Å². The van der Waals surface area contributed by atoms with Crippen molar-refractivity contribution >= 4 is 0 Å². The van der Waals surface area contributed by atoms with E-state index in [9.17, 15) is 5.11 Å². The first-order valence-corrected chi connectivity index (χ1v) is 6.68. The number of benzene rings is 1. The van der Waals surface area contributed by atoms with Gasteiger partial charge in [0.25, 0.3) is 0 Å². The molecule has 0 saturated heterocycles. The summed E-state index contributed by atoms with van der Waals surface area (Å²) in [7, 11) is 0. The highest BCUT2D eigenvalue weighted by Crippen LogP contribution is 2.39. The second kappa shape index (κ2) is 5.05. The molecule has 0 amide bonds. The van der Waals surface area contributed by atoms with E-state index in [-0.39, 0.29) is 0 Å². The molecule has 4 nitrogen and oxygen atoms in total. The Labute approximate surface area is 112 Å². The van der Waals surface area contributed by atoms with Gasteiger partial charge in [-0.05, 0) is 31.9 Å². The van der Waals surface area contributed by atoms with Crippen LogP contribution in [0.4, 0.5) is 0 Å². The molecule has 0 bridgehead atoms. The first-order chi connectivity index (χ1) is 9.24. The zero-order chi connectivity index (χ0) is 13.2. The van der Waals surface area contributed by atoms with Gasteiger partial charge in [0.15, 0.2) is 0 Å². The van der Waals surface area contributed by atoms with Gasteiger partial charge in [-0.15, -0.1) is 0 Å². The summed E-state index contributed by atoms with van der Waals surface area (Å²) >= 11 is 0. The van der Waals surface area contributed by atoms with Crippen LogP contribution in [0.3, 0.4) is 0 Å². The van der Waals surface area contributed by atoms with Crippen molar-refractivity contribution in [3.8, 4) is 11.4 Å². The number of hydrogen-bond donors (Lipinski definition) is 1. The molecular formula is C15H18N2O2. The second-order valence-corrected chi connectivity index (χ2v) is 5.09. The van der Waals surface area contributed by atoms with E-state index in [1.54, 1.807) is 6.92 Å². The quantitative estimate of drug-likeness (QED) is 0.896. The number of imidazole rings is 1. The summed E-state index contributed by atoms with van der Waals surface area (Å²) in [6, 6.07) is 7.89. The number of aliphatic hydroxyl groups excluding tert-OH is 1. The molecule has 0 aliphatic heterocycles. The van der Waals surface area contributed by atoms with Gasteiger partial charge in [-0.1, -0.05) is 6.07 Å². The Kier molecular flexibility index (Phi) is 3.25. The highest BCUT2D eigenvalue weighted by Gasteiger charge is 2.28. The van der Waals surface area contributed by atoms with Crippen LogP contribution in [0.25, 0.3) is 5.69 Å². The fraction of sp³-hybridized carbons (Fsp3) is 0.400. The summed E-state index contributed by atoms with van der Waals surface area (Å²) in [6.07, 6.45) is 5.84. The van der Waals surface area contributed by atoms with E-state index in [0.29, 0.717) is 12.5 Å². The SMILES string of the molecule is C[C@H](O)COc1cccc(-n2ccnc2C2CC2)c1. The molecule has 1 aliphatic carbocycles. The summed E-state index contributed by atoms with van der Waals surface area (Å²) < 4.78 is 7.66. The highest BCUT2D eigenvalue weighted by molar-refractivity contribution is 5.41. The van der Waals surface area contributed by atoms with E-state index in [0.717, 1.165) is 17.3 Å². The smallest absolute Gasteiger partial charge is 0.121 e. The number of aliphatic hydroxyl groups is 1. The van der Waals surface area contributed by atoms with Crippen LogP contribution in [0.1, 0.15) is 31.5 Å². The van der Waals surface area contributed by atoms with Crippen molar-refractivity contribution in [3.05, 3.63) is 42.5 Å². The van der Waals surface area contributed by atoms with Crippen molar-refractivity contribution in [2.24, 2.45) is 0 Å². The molecule has 1 saturated carbocycles. The largest absolute Gasteiger partial charge is 0.491 e. The zero-order valence-corrected chi connectivity index (χ0v) is 11.0. The number of ether oxygens (including phenoxy) is 1. The van der Waals surface area contributed by atoms with Gasteiger partial charge in [0.05, 0.1) is 11.8 Å². The molecule has 100 valence electrons. The molecule has 3 rings (SSSR count). The molecule has 19 heavy (non-hydrogen) atoms. The van der Waals surface area contributed by atoms with Crippen molar-refractivity contribution < 1.29 is 9.84 Å². The molecule has 0 radical (unpaired) electrons. The number of aromatic nitrogens is 2. The predicted octanol–water partition coefficient (Wildman–Crippen LogP) is 2.51. The van der Waals surface area contributed by atoms with Gasteiger partial charge < -0.3 is 14.4 Å². The van der Waals surface area contributed by atoms with Crippen molar-refractivity contribution in [3.63, 3.8) is 0 Å². The van der Waals surface area contributed by atoms with Crippen LogP contribution < -0.4 is 4.74 Å². The van der Waals surface area contributed by atoms with E-state index in [4.69, 9.17) is 4.74 Å². The van der Waals surface area contributed by atoms with E-state index < -0.39 is 6.10 Å². The summed E-state index contributed by atoms with van der Waals surface area (Å²) in [4.78, 5) is 4.44. The summed E-state index contributed by atoms with van der Waals surface area (Å²) in [5.41, 5.74) is 1.06. The third kappa shape index (κ3) is 2.79. The van der Waals surface area contributed by atoms with E-state index in [1.807, 2.05) is 36.7 Å². The van der Waals surface area contributed by atoms with Gasteiger partial charge in [-0.25, -0.2) is 4.98 Å². The van der Waals surface area contributed by atoms with Crippen molar-refractivity contribution in [2.75, 3.05) is 6.61 Å². The van der Waals surface area contributed by atoms with Gasteiger partial charge >= 0.3 is 0 Å². The second-order valence-electron chi connectivity index (χ2n) is 5.09. The molecule has 1 atom stereocenters. The van der Waals surface area contributed by atoms with Crippen molar-refractivity contribution in [2.45, 2.75) is 31.8 Å². The molecule has 1 aromatic heterocycles. The van der Waals surface area contributed by atoms with Gasteiger partial charge in [0.2, 0.25) is 0 Å². The highest BCUT2D eigenvalue weighted by atomic mass is 16.5. The fourth-order valence-electron chi connectivity index (χ4n) is 2.12. The minimum Gasteiger partial charge on any atom is -0.491 e. The molecule has 4 heteroatoms. The van der Waals surface area contributed by atoms with Crippen LogP contribution in [0.5, 0.6) is 5.75 Å². The normalized spacial score (nSPS) is 16.3. The minimum atomic E-state index is -0.459. The van der Waals surface area contributed by atoms with Crippen LogP contribution in [0, 0.1) is 0 Å². The van der Waals surface area contributed by atoms with Gasteiger partial charge in [-0.3, -0.25) is 0 Å². The molecule has 1 fully saturated rings. The Morgan fingerprint density at radius 1 is 1.47 bits per heavy atom. The number of rotatable bonds is 5. The van der Waals surface area contributed by atoms with Crippen LogP contribution in [-0.2, 0) is 0 Å². The Hall–Kier alpha value is -1.81. The maximum Gasteiger partial charge on any atom is 0.121 e. The maximum atomic E-state index is 9.25. The lowest BCUT2D eigenvalue weighted by Gasteiger charge is -2.11. The fourth-order valence-corrected chi connectivity index (χ4v) is 2.12. The topological polar surface area (TPSA) is 47.3 Å². The van der Waals surface area contributed by atoms with Gasteiger partial charge in [0.1, 0.15) is 18.2 Å². The molecule has 1 aromatic carbocycles. The third-order valence-corrected chi connectivity index (χ3v) is 3.20. The van der Waals surface area contributed by atoms with Crippen LogP contribution >= 0.6 is 0 Å².